The van der Waals surface area contributed by atoms with Crippen LogP contribution in [0.3, 0.4) is 0 Å². The summed E-state index contributed by atoms with van der Waals surface area (Å²) in [6, 6.07) is 0. The molecule has 2 rings (SSSR count). The summed E-state index contributed by atoms with van der Waals surface area (Å²) >= 11 is 0. The number of aliphatic hydroxyl groups excluding tert-OH is 8. The second kappa shape index (κ2) is 6.82. The van der Waals surface area contributed by atoms with Crippen LogP contribution in [0.5, 0.6) is 0 Å². The van der Waals surface area contributed by atoms with E-state index in [2.05, 4.69) is 0 Å². The van der Waals surface area contributed by atoms with Crippen LogP contribution in [0.15, 0.2) is 0 Å². The van der Waals surface area contributed by atoms with E-state index in [1.165, 1.54) is 0 Å². The Kier molecular flexibility index (Phi) is 5.60. The van der Waals surface area contributed by atoms with Crippen molar-refractivity contribution in [3.63, 3.8) is 0 Å². The third-order valence-corrected chi connectivity index (χ3v) is 4.41. The molecule has 0 aromatic carbocycles. The van der Waals surface area contributed by atoms with Crippen molar-refractivity contribution in [1.29, 1.82) is 0 Å². The van der Waals surface area contributed by atoms with Gasteiger partial charge in [0.2, 0.25) is 0 Å². The van der Waals surface area contributed by atoms with Crippen molar-refractivity contribution >= 4 is 0 Å². The first-order valence-corrected chi connectivity index (χ1v) is 7.03. The molecule has 136 valence electrons. The van der Waals surface area contributed by atoms with E-state index in [-0.39, 0.29) is 0 Å². The maximum Gasteiger partial charge on any atom is 0.184 e. The first kappa shape index (κ1) is 18.9. The summed E-state index contributed by atoms with van der Waals surface area (Å²) < 4.78 is 9.86. The lowest BCUT2D eigenvalue weighted by atomic mass is 9.74. The van der Waals surface area contributed by atoms with Crippen LogP contribution >= 0.6 is 0 Å². The Bertz CT molecular complexity index is 406. The minimum absolute atomic E-state index is 0.786. The SMILES string of the molecule is OC[C@H]1O[C@H]([C@@]2(O)[C@H](O)C(O)O[C@H](CO)[C@H]2O)[C@@H](O)[C@@H](O)[C@@H]1O. The minimum atomic E-state index is -2.75. The molecule has 0 aromatic rings. The summed E-state index contributed by atoms with van der Waals surface area (Å²) in [5, 5.41) is 88.3. The normalized spacial score (nSPS) is 54.9. The molecular weight excluding hydrogens is 320 g/mol. The van der Waals surface area contributed by atoms with Gasteiger partial charge < -0.3 is 55.4 Å². The largest absolute Gasteiger partial charge is 0.394 e. The van der Waals surface area contributed by atoms with Crippen LogP contribution in [-0.2, 0) is 9.47 Å². The predicted octanol–water partition coefficient (Wildman–Crippen LogP) is -6.01. The Hall–Kier alpha value is -0.440. The van der Waals surface area contributed by atoms with Crippen LogP contribution in [0.4, 0.5) is 0 Å². The summed E-state index contributed by atoms with van der Waals surface area (Å²) in [7, 11) is 0. The number of hydrogen-bond donors (Lipinski definition) is 9. The Balaban J connectivity index is 2.38. The zero-order valence-electron chi connectivity index (χ0n) is 12.0. The van der Waals surface area contributed by atoms with Crippen molar-refractivity contribution in [1.82, 2.24) is 0 Å². The number of aliphatic hydroxyl groups is 9. The van der Waals surface area contributed by atoms with Gasteiger partial charge in [0.1, 0.15) is 48.8 Å². The third-order valence-electron chi connectivity index (χ3n) is 4.41. The fourth-order valence-corrected chi connectivity index (χ4v) is 2.99. The maximum absolute atomic E-state index is 10.7. The van der Waals surface area contributed by atoms with Gasteiger partial charge in [0.25, 0.3) is 0 Å². The number of hydrogen-bond acceptors (Lipinski definition) is 11. The lowest BCUT2D eigenvalue weighted by Crippen LogP contribution is -2.77. The van der Waals surface area contributed by atoms with Crippen LogP contribution in [0.25, 0.3) is 0 Å². The van der Waals surface area contributed by atoms with Crippen LogP contribution in [0.1, 0.15) is 0 Å². The molecule has 2 saturated heterocycles. The molecule has 23 heavy (non-hydrogen) atoms. The quantitative estimate of drug-likeness (QED) is 0.236. The van der Waals surface area contributed by atoms with E-state index in [0.717, 1.165) is 0 Å². The fraction of sp³-hybridized carbons (Fsp3) is 1.00. The first-order valence-electron chi connectivity index (χ1n) is 7.03. The van der Waals surface area contributed by atoms with Gasteiger partial charge in [-0.15, -0.1) is 0 Å². The van der Waals surface area contributed by atoms with E-state index < -0.39 is 73.9 Å². The highest BCUT2D eigenvalue weighted by Crippen LogP contribution is 2.38. The van der Waals surface area contributed by atoms with E-state index in [4.69, 9.17) is 19.7 Å². The molecule has 2 heterocycles. The molecule has 0 aromatic heterocycles. The molecule has 0 spiro atoms. The van der Waals surface area contributed by atoms with E-state index in [9.17, 15) is 35.7 Å². The smallest absolute Gasteiger partial charge is 0.184 e. The van der Waals surface area contributed by atoms with Crippen molar-refractivity contribution < 1.29 is 55.4 Å². The van der Waals surface area contributed by atoms with E-state index in [1.54, 1.807) is 0 Å². The van der Waals surface area contributed by atoms with Gasteiger partial charge in [-0.2, -0.15) is 0 Å². The predicted molar refractivity (Wildman–Crippen MR) is 68.7 cm³/mol. The fourth-order valence-electron chi connectivity index (χ4n) is 2.99. The van der Waals surface area contributed by atoms with Crippen LogP contribution in [-0.4, -0.2) is 120 Å². The monoisotopic (exact) mass is 342 g/mol. The Morgan fingerprint density at radius 3 is 1.78 bits per heavy atom. The molecule has 1 unspecified atom stereocenters. The number of ether oxygens (including phenoxy) is 2. The summed E-state index contributed by atoms with van der Waals surface area (Å²) in [4.78, 5) is 0. The zero-order valence-corrected chi connectivity index (χ0v) is 12.0. The van der Waals surface area contributed by atoms with Crippen molar-refractivity contribution in [2.24, 2.45) is 0 Å². The average Bonchev–Trinajstić information content (AvgIpc) is 2.54. The van der Waals surface area contributed by atoms with E-state index in [0.29, 0.717) is 0 Å². The summed E-state index contributed by atoms with van der Waals surface area (Å²) in [5.74, 6) is 0. The van der Waals surface area contributed by atoms with Crippen LogP contribution in [0.2, 0.25) is 0 Å². The lowest BCUT2D eigenvalue weighted by Gasteiger charge is -2.53. The van der Waals surface area contributed by atoms with Crippen molar-refractivity contribution in [3.05, 3.63) is 0 Å². The molecule has 2 aliphatic rings. The van der Waals surface area contributed by atoms with Gasteiger partial charge in [0, 0.05) is 0 Å². The van der Waals surface area contributed by atoms with Crippen molar-refractivity contribution in [2.75, 3.05) is 13.2 Å². The molecule has 0 radical (unpaired) electrons. The molecule has 0 amide bonds. The lowest BCUT2D eigenvalue weighted by molar-refractivity contribution is -0.368. The standard InChI is InChI=1S/C12H22O11/c13-1-3-5(15)6(16)7(17)10(22-3)12(21)8(18)4(2-14)23-11(20)9(12)19/h3-11,13-21H,1-2H2/t3-,4-,5-,6+,7+,8-,9-,10+,11?,12+/m1/s1. The topological polar surface area (TPSA) is 201 Å². The first-order chi connectivity index (χ1) is 10.7. The molecule has 11 nitrogen and oxygen atoms in total. The second-order valence-electron chi connectivity index (χ2n) is 5.77. The summed E-state index contributed by atoms with van der Waals surface area (Å²) in [5.41, 5.74) is -2.75. The highest BCUT2D eigenvalue weighted by Gasteiger charge is 2.64. The van der Waals surface area contributed by atoms with Crippen LogP contribution < -0.4 is 0 Å². The highest BCUT2D eigenvalue weighted by atomic mass is 16.6. The molecule has 2 aliphatic heterocycles. The van der Waals surface area contributed by atoms with Gasteiger partial charge in [-0.25, -0.2) is 0 Å². The second-order valence-corrected chi connectivity index (χ2v) is 5.77. The van der Waals surface area contributed by atoms with Gasteiger partial charge in [-0.3, -0.25) is 0 Å². The number of rotatable bonds is 3. The van der Waals surface area contributed by atoms with Crippen molar-refractivity contribution in [2.45, 2.75) is 60.7 Å². The van der Waals surface area contributed by atoms with E-state index in [1.807, 2.05) is 0 Å². The Morgan fingerprint density at radius 1 is 0.696 bits per heavy atom. The Labute approximate surface area is 130 Å². The summed E-state index contributed by atoms with van der Waals surface area (Å²) in [6.45, 7) is -1.61. The van der Waals surface area contributed by atoms with Gasteiger partial charge in [0.05, 0.1) is 13.2 Å². The minimum Gasteiger partial charge on any atom is -0.394 e. The molecule has 11 heteroatoms. The third kappa shape index (κ3) is 2.88. The molecular formula is C12H22O11. The average molecular weight is 342 g/mol. The maximum atomic E-state index is 10.7. The molecule has 10 atom stereocenters. The van der Waals surface area contributed by atoms with Gasteiger partial charge in [-0.05, 0) is 0 Å². The molecule has 2 fully saturated rings. The summed E-state index contributed by atoms with van der Waals surface area (Å²) in [6.07, 6.45) is -16.5. The Morgan fingerprint density at radius 2 is 1.26 bits per heavy atom. The highest BCUT2D eigenvalue weighted by molar-refractivity contribution is 5.11. The molecule has 0 bridgehead atoms. The molecule has 0 aliphatic carbocycles. The van der Waals surface area contributed by atoms with Gasteiger partial charge >= 0.3 is 0 Å². The van der Waals surface area contributed by atoms with Crippen molar-refractivity contribution in [3.8, 4) is 0 Å². The van der Waals surface area contributed by atoms with E-state index >= 15 is 0 Å². The van der Waals surface area contributed by atoms with Crippen LogP contribution in [0, 0.1) is 0 Å². The zero-order chi connectivity index (χ0) is 17.5. The van der Waals surface area contributed by atoms with Gasteiger partial charge in [0.15, 0.2) is 11.9 Å². The molecule has 9 N–H and O–H groups in total. The van der Waals surface area contributed by atoms with Gasteiger partial charge in [-0.1, -0.05) is 0 Å². The molecule has 0 saturated carbocycles.